The SMILES string of the molecule is CCn1ccc2cc(C(=O)N3CCC(C(O)c4cccs4)CC3)ccc21. The number of benzene rings is 1. The molecule has 4 rings (SSSR count). The molecule has 1 aliphatic rings. The maximum absolute atomic E-state index is 12.9. The lowest BCUT2D eigenvalue weighted by molar-refractivity contribution is 0.0474. The van der Waals surface area contributed by atoms with Gasteiger partial charge in [0.05, 0.1) is 6.10 Å². The number of carbonyl (C=O) groups excluding carboxylic acids is 1. The molecule has 1 aromatic carbocycles. The topological polar surface area (TPSA) is 45.5 Å². The first-order valence-corrected chi connectivity index (χ1v) is 10.1. The number of piperidine rings is 1. The van der Waals surface area contributed by atoms with Gasteiger partial charge in [-0.3, -0.25) is 4.79 Å². The van der Waals surface area contributed by atoms with E-state index in [1.807, 2.05) is 40.6 Å². The van der Waals surface area contributed by atoms with Crippen LogP contribution in [-0.2, 0) is 6.54 Å². The molecule has 0 spiro atoms. The standard InChI is InChI=1S/C21H24N2O2S/c1-2-22-10-9-16-14-17(5-6-18(16)22)21(25)23-11-7-15(8-12-23)20(24)19-4-3-13-26-19/h3-6,9-10,13-15,20,24H,2,7-8,11-12H2,1H3. The zero-order valence-electron chi connectivity index (χ0n) is 15.0. The monoisotopic (exact) mass is 368 g/mol. The first kappa shape index (κ1) is 17.3. The molecule has 1 fully saturated rings. The molecular weight excluding hydrogens is 344 g/mol. The van der Waals surface area contributed by atoms with Gasteiger partial charge >= 0.3 is 0 Å². The number of rotatable bonds is 4. The number of fused-ring (bicyclic) bond motifs is 1. The first-order chi connectivity index (χ1) is 12.7. The lowest BCUT2D eigenvalue weighted by Gasteiger charge is -2.34. The number of carbonyl (C=O) groups is 1. The average molecular weight is 369 g/mol. The van der Waals surface area contributed by atoms with Gasteiger partial charge in [-0.25, -0.2) is 0 Å². The molecule has 1 aliphatic heterocycles. The predicted molar refractivity (Wildman–Crippen MR) is 106 cm³/mol. The summed E-state index contributed by atoms with van der Waals surface area (Å²) in [5.74, 6) is 0.332. The van der Waals surface area contributed by atoms with Crippen LogP contribution in [-0.4, -0.2) is 33.6 Å². The van der Waals surface area contributed by atoms with Gasteiger partial charge < -0.3 is 14.6 Å². The first-order valence-electron chi connectivity index (χ1n) is 9.27. The van der Waals surface area contributed by atoms with Gasteiger partial charge in [0.1, 0.15) is 0 Å². The van der Waals surface area contributed by atoms with Crippen molar-refractivity contribution in [1.82, 2.24) is 9.47 Å². The number of hydrogen-bond donors (Lipinski definition) is 1. The summed E-state index contributed by atoms with van der Waals surface area (Å²) in [6, 6.07) is 12.0. The van der Waals surface area contributed by atoms with Crippen molar-refractivity contribution in [2.45, 2.75) is 32.4 Å². The van der Waals surface area contributed by atoms with Gasteiger partial charge in [-0.1, -0.05) is 6.07 Å². The quantitative estimate of drug-likeness (QED) is 0.746. The molecule has 2 aromatic heterocycles. The number of aliphatic hydroxyl groups is 1. The Morgan fingerprint density at radius 2 is 2.08 bits per heavy atom. The van der Waals surface area contributed by atoms with Crippen molar-refractivity contribution >= 4 is 28.1 Å². The Labute approximate surface area is 157 Å². The number of hydrogen-bond acceptors (Lipinski definition) is 3. The lowest BCUT2D eigenvalue weighted by atomic mass is 9.90. The molecule has 0 radical (unpaired) electrons. The molecule has 0 aliphatic carbocycles. The fourth-order valence-corrected chi connectivity index (χ4v) is 4.70. The maximum Gasteiger partial charge on any atom is 0.253 e. The zero-order chi connectivity index (χ0) is 18.1. The second kappa shape index (κ2) is 7.25. The number of likely N-dealkylation sites (tertiary alicyclic amines) is 1. The van der Waals surface area contributed by atoms with Crippen LogP contribution in [0.4, 0.5) is 0 Å². The number of aliphatic hydroxyl groups excluding tert-OH is 1. The molecule has 0 saturated carbocycles. The Balaban J connectivity index is 1.43. The van der Waals surface area contributed by atoms with Crippen LogP contribution in [0.25, 0.3) is 10.9 Å². The van der Waals surface area contributed by atoms with Crippen LogP contribution in [0, 0.1) is 5.92 Å². The molecule has 1 N–H and O–H groups in total. The van der Waals surface area contributed by atoms with E-state index in [4.69, 9.17) is 0 Å². The maximum atomic E-state index is 12.9. The van der Waals surface area contributed by atoms with Crippen molar-refractivity contribution in [2.75, 3.05) is 13.1 Å². The zero-order valence-corrected chi connectivity index (χ0v) is 15.8. The van der Waals surface area contributed by atoms with E-state index in [1.165, 1.54) is 5.52 Å². The highest BCUT2D eigenvalue weighted by molar-refractivity contribution is 7.10. The third-order valence-corrected chi connectivity index (χ3v) is 6.41. The van der Waals surface area contributed by atoms with Crippen LogP contribution in [0.3, 0.4) is 0 Å². The van der Waals surface area contributed by atoms with E-state index in [2.05, 4.69) is 23.8 Å². The molecule has 1 amide bonds. The number of aromatic nitrogens is 1. The van der Waals surface area contributed by atoms with Gasteiger partial charge in [-0.2, -0.15) is 0 Å². The normalized spacial score (nSPS) is 16.9. The summed E-state index contributed by atoms with van der Waals surface area (Å²) >= 11 is 1.60. The lowest BCUT2D eigenvalue weighted by Crippen LogP contribution is -2.39. The van der Waals surface area contributed by atoms with Crippen molar-refractivity contribution in [1.29, 1.82) is 0 Å². The molecule has 1 saturated heterocycles. The summed E-state index contributed by atoms with van der Waals surface area (Å²) in [4.78, 5) is 15.8. The fourth-order valence-electron chi connectivity index (χ4n) is 3.90. The van der Waals surface area contributed by atoms with E-state index >= 15 is 0 Å². The van der Waals surface area contributed by atoms with Gasteiger partial charge in [0.2, 0.25) is 0 Å². The van der Waals surface area contributed by atoms with E-state index in [9.17, 15) is 9.90 Å². The van der Waals surface area contributed by atoms with Crippen LogP contribution in [0.5, 0.6) is 0 Å². The van der Waals surface area contributed by atoms with Crippen molar-refractivity contribution in [3.05, 3.63) is 58.4 Å². The van der Waals surface area contributed by atoms with E-state index < -0.39 is 6.10 Å². The Bertz CT molecular complexity index is 892. The smallest absolute Gasteiger partial charge is 0.253 e. The van der Waals surface area contributed by atoms with Crippen LogP contribution >= 0.6 is 11.3 Å². The molecule has 1 atom stereocenters. The van der Waals surface area contributed by atoms with Crippen molar-refractivity contribution in [2.24, 2.45) is 5.92 Å². The Morgan fingerprint density at radius 1 is 1.27 bits per heavy atom. The molecule has 4 nitrogen and oxygen atoms in total. The number of aryl methyl sites for hydroxylation is 1. The van der Waals surface area contributed by atoms with E-state index in [0.717, 1.165) is 35.2 Å². The van der Waals surface area contributed by atoms with Gasteiger partial charge in [-0.15, -0.1) is 11.3 Å². The number of nitrogens with zero attached hydrogens (tertiary/aromatic N) is 2. The van der Waals surface area contributed by atoms with Crippen molar-refractivity contribution in [3.8, 4) is 0 Å². The highest BCUT2D eigenvalue weighted by Gasteiger charge is 2.29. The Morgan fingerprint density at radius 3 is 2.77 bits per heavy atom. The van der Waals surface area contributed by atoms with Gasteiger partial charge in [0.15, 0.2) is 0 Å². The van der Waals surface area contributed by atoms with E-state index in [0.29, 0.717) is 13.1 Å². The summed E-state index contributed by atoms with van der Waals surface area (Å²) in [7, 11) is 0. The van der Waals surface area contributed by atoms with E-state index in [1.54, 1.807) is 11.3 Å². The third kappa shape index (κ3) is 3.17. The van der Waals surface area contributed by atoms with Crippen LogP contribution in [0.2, 0.25) is 0 Å². The molecule has 136 valence electrons. The molecule has 5 heteroatoms. The largest absolute Gasteiger partial charge is 0.387 e. The van der Waals surface area contributed by atoms with Gasteiger partial charge in [0, 0.05) is 47.2 Å². The van der Waals surface area contributed by atoms with E-state index in [-0.39, 0.29) is 11.8 Å². The minimum absolute atomic E-state index is 0.0974. The van der Waals surface area contributed by atoms with Gasteiger partial charge in [0.25, 0.3) is 5.91 Å². The molecular formula is C21H24N2O2S. The molecule has 26 heavy (non-hydrogen) atoms. The second-order valence-electron chi connectivity index (χ2n) is 6.97. The summed E-state index contributed by atoms with van der Waals surface area (Å²) in [5.41, 5.74) is 1.92. The predicted octanol–water partition coefficient (Wildman–Crippen LogP) is 4.31. The summed E-state index contributed by atoms with van der Waals surface area (Å²) in [6.45, 7) is 4.46. The minimum atomic E-state index is -0.405. The van der Waals surface area contributed by atoms with Crippen molar-refractivity contribution in [3.63, 3.8) is 0 Å². The van der Waals surface area contributed by atoms with Crippen LogP contribution < -0.4 is 0 Å². The van der Waals surface area contributed by atoms with Crippen LogP contribution in [0.1, 0.15) is 41.1 Å². The third-order valence-electron chi connectivity index (χ3n) is 5.47. The molecule has 1 unspecified atom stereocenters. The summed E-state index contributed by atoms with van der Waals surface area (Å²) in [6.07, 6.45) is 3.35. The highest BCUT2D eigenvalue weighted by atomic mass is 32.1. The van der Waals surface area contributed by atoms with Crippen LogP contribution in [0.15, 0.2) is 48.0 Å². The number of amides is 1. The number of thiophene rings is 1. The fraction of sp³-hybridized carbons (Fsp3) is 0.381. The Kier molecular flexibility index (Phi) is 4.83. The highest BCUT2D eigenvalue weighted by Crippen LogP contribution is 2.33. The van der Waals surface area contributed by atoms with Crippen molar-refractivity contribution < 1.29 is 9.90 Å². The molecule has 3 heterocycles. The average Bonchev–Trinajstić information content (AvgIpc) is 3.36. The summed E-state index contributed by atoms with van der Waals surface area (Å²) in [5, 5.41) is 13.6. The summed E-state index contributed by atoms with van der Waals surface area (Å²) < 4.78 is 2.18. The minimum Gasteiger partial charge on any atom is -0.387 e. The molecule has 0 bridgehead atoms. The molecule has 3 aromatic rings. The Hall–Kier alpha value is -2.11. The second-order valence-corrected chi connectivity index (χ2v) is 7.94. The van der Waals surface area contributed by atoms with Gasteiger partial charge in [-0.05, 0) is 61.4 Å².